The van der Waals surface area contributed by atoms with Crippen molar-refractivity contribution < 1.29 is 27.1 Å². The molecule has 0 bridgehead atoms. The van der Waals surface area contributed by atoms with Gasteiger partial charge in [0.1, 0.15) is 11.6 Å². The molecule has 30 heavy (non-hydrogen) atoms. The van der Waals surface area contributed by atoms with Gasteiger partial charge in [0, 0.05) is 36.5 Å². The second kappa shape index (κ2) is 10.2. The Labute approximate surface area is 178 Å². The summed E-state index contributed by atoms with van der Waals surface area (Å²) < 4.78 is 41.6. The molecule has 0 radical (unpaired) electrons. The molecule has 0 unspecified atom stereocenters. The van der Waals surface area contributed by atoms with Crippen LogP contribution in [0.15, 0.2) is 59.6 Å². The molecule has 0 aliphatic carbocycles. The molecule has 2 amide bonds. The fraction of sp³-hybridized carbons (Fsp3) is 0.200. The van der Waals surface area contributed by atoms with Crippen molar-refractivity contribution in [1.82, 2.24) is 10.6 Å². The molecule has 10 heteroatoms. The van der Waals surface area contributed by atoms with E-state index in [9.17, 15) is 22.4 Å². The Morgan fingerprint density at radius 1 is 1.20 bits per heavy atom. The highest BCUT2D eigenvalue weighted by Crippen LogP contribution is 2.20. The van der Waals surface area contributed by atoms with E-state index in [1.165, 1.54) is 36.4 Å². The Morgan fingerprint density at radius 3 is 2.60 bits per heavy atom. The zero-order valence-electron chi connectivity index (χ0n) is 16.1. The van der Waals surface area contributed by atoms with Gasteiger partial charge in [-0.05, 0) is 30.3 Å². The molecule has 0 spiro atoms. The van der Waals surface area contributed by atoms with Gasteiger partial charge in [0.05, 0.1) is 9.92 Å². The number of carbonyl (C=O) groups excluding carboxylic acids is 2. The maximum Gasteiger partial charge on any atom is 0.262 e. The van der Waals surface area contributed by atoms with E-state index in [1.54, 1.807) is 0 Å². The smallest absolute Gasteiger partial charge is 0.262 e. The molecule has 0 saturated heterocycles. The number of hydrogen-bond donors (Lipinski definition) is 2. The minimum absolute atomic E-state index is 0.0485. The zero-order chi connectivity index (χ0) is 22.3. The molecule has 0 saturated carbocycles. The standard InChI is InChI=1S/C20H20ClFN2O5S/c1-13(24-19(25)12-29-15-6-7-17(21)18(22)11-15)8-9-23-20(26)14-4-3-5-16(10-14)30(2,27)28/h3-7,10-11H,1,8-9,12H2,2H3,(H,23,26)(H,24,25). The lowest BCUT2D eigenvalue weighted by molar-refractivity contribution is -0.122. The van der Waals surface area contributed by atoms with Gasteiger partial charge in [-0.1, -0.05) is 24.2 Å². The minimum Gasteiger partial charge on any atom is -0.484 e. The number of halogens is 2. The molecule has 0 heterocycles. The number of ether oxygens (including phenoxy) is 1. The third-order valence-corrected chi connectivity index (χ3v) is 5.23. The molecule has 2 N–H and O–H groups in total. The molecule has 2 rings (SSSR count). The highest BCUT2D eigenvalue weighted by Gasteiger charge is 2.12. The highest BCUT2D eigenvalue weighted by atomic mass is 35.5. The number of hydrogen-bond acceptors (Lipinski definition) is 5. The van der Waals surface area contributed by atoms with Crippen LogP contribution < -0.4 is 15.4 Å². The zero-order valence-corrected chi connectivity index (χ0v) is 17.6. The third kappa shape index (κ3) is 7.16. The highest BCUT2D eigenvalue weighted by molar-refractivity contribution is 7.90. The van der Waals surface area contributed by atoms with Crippen molar-refractivity contribution in [3.8, 4) is 5.75 Å². The van der Waals surface area contributed by atoms with Crippen LogP contribution in [0.25, 0.3) is 0 Å². The molecular formula is C20H20ClFN2O5S. The minimum atomic E-state index is -3.42. The van der Waals surface area contributed by atoms with Crippen LogP contribution in [0, 0.1) is 5.82 Å². The quantitative estimate of drug-likeness (QED) is 0.606. The van der Waals surface area contributed by atoms with Crippen molar-refractivity contribution in [2.45, 2.75) is 11.3 Å². The van der Waals surface area contributed by atoms with Crippen molar-refractivity contribution in [2.24, 2.45) is 0 Å². The fourth-order valence-corrected chi connectivity index (χ4v) is 3.09. The summed E-state index contributed by atoms with van der Waals surface area (Å²) in [6.07, 6.45) is 1.31. The van der Waals surface area contributed by atoms with E-state index in [4.69, 9.17) is 16.3 Å². The van der Waals surface area contributed by atoms with E-state index in [0.29, 0.717) is 5.70 Å². The van der Waals surface area contributed by atoms with Crippen molar-refractivity contribution in [2.75, 3.05) is 19.4 Å². The van der Waals surface area contributed by atoms with Crippen molar-refractivity contribution in [1.29, 1.82) is 0 Å². The van der Waals surface area contributed by atoms with Crippen molar-refractivity contribution in [3.05, 3.63) is 71.1 Å². The summed E-state index contributed by atoms with van der Waals surface area (Å²) in [6.45, 7) is 3.51. The lowest BCUT2D eigenvalue weighted by atomic mass is 10.2. The van der Waals surface area contributed by atoms with E-state index < -0.39 is 27.5 Å². The van der Waals surface area contributed by atoms with Crippen LogP contribution in [-0.4, -0.2) is 39.6 Å². The molecule has 0 aliphatic rings. The predicted molar refractivity (Wildman–Crippen MR) is 111 cm³/mol. The van der Waals surface area contributed by atoms with Gasteiger partial charge >= 0.3 is 0 Å². The molecule has 7 nitrogen and oxygen atoms in total. The van der Waals surface area contributed by atoms with Crippen LogP contribution in [0.3, 0.4) is 0 Å². The summed E-state index contributed by atoms with van der Waals surface area (Å²) in [6, 6.07) is 9.49. The average Bonchev–Trinajstić information content (AvgIpc) is 2.68. The van der Waals surface area contributed by atoms with E-state index in [1.807, 2.05) is 0 Å². The summed E-state index contributed by atoms with van der Waals surface area (Å²) >= 11 is 5.57. The average molecular weight is 455 g/mol. The van der Waals surface area contributed by atoms with E-state index in [0.717, 1.165) is 12.3 Å². The van der Waals surface area contributed by atoms with E-state index in [2.05, 4.69) is 17.2 Å². The van der Waals surface area contributed by atoms with Crippen LogP contribution in [0.2, 0.25) is 5.02 Å². The fourth-order valence-electron chi connectivity index (χ4n) is 2.31. The Kier molecular flexibility index (Phi) is 7.96. The molecule has 0 aromatic heterocycles. The van der Waals surface area contributed by atoms with Crippen LogP contribution in [0.5, 0.6) is 5.75 Å². The molecule has 0 aliphatic heterocycles. The lowest BCUT2D eigenvalue weighted by Crippen LogP contribution is -2.31. The predicted octanol–water partition coefficient (Wildman–Crippen LogP) is 2.71. The largest absolute Gasteiger partial charge is 0.484 e. The molecule has 0 atom stereocenters. The first kappa shape index (κ1) is 23.4. The van der Waals surface area contributed by atoms with Crippen molar-refractivity contribution >= 4 is 33.3 Å². The number of benzene rings is 2. The summed E-state index contributed by atoms with van der Waals surface area (Å²) in [4.78, 5) is 24.1. The summed E-state index contributed by atoms with van der Waals surface area (Å²) in [5.41, 5.74) is 0.548. The van der Waals surface area contributed by atoms with Gasteiger partial charge in [-0.2, -0.15) is 0 Å². The normalized spacial score (nSPS) is 10.9. The van der Waals surface area contributed by atoms with Gasteiger partial charge in [-0.3, -0.25) is 9.59 Å². The summed E-state index contributed by atoms with van der Waals surface area (Å²) in [7, 11) is -3.42. The van der Waals surface area contributed by atoms with Crippen LogP contribution in [-0.2, 0) is 14.6 Å². The summed E-state index contributed by atoms with van der Waals surface area (Å²) in [5.74, 6) is -1.45. The molecular weight excluding hydrogens is 435 g/mol. The van der Waals surface area contributed by atoms with Gasteiger partial charge < -0.3 is 15.4 Å². The number of rotatable bonds is 9. The Bertz CT molecular complexity index is 1070. The monoisotopic (exact) mass is 454 g/mol. The SMILES string of the molecule is C=C(CCNC(=O)c1cccc(S(C)(=O)=O)c1)NC(=O)COc1ccc(Cl)c(F)c1. The van der Waals surface area contributed by atoms with Gasteiger partial charge in [-0.25, -0.2) is 12.8 Å². The number of sulfone groups is 1. The first-order chi connectivity index (χ1) is 14.1. The second-order valence-electron chi connectivity index (χ2n) is 6.32. The first-order valence-corrected chi connectivity index (χ1v) is 11.0. The summed E-state index contributed by atoms with van der Waals surface area (Å²) in [5, 5.41) is 5.08. The van der Waals surface area contributed by atoms with Crippen LogP contribution in [0.1, 0.15) is 16.8 Å². The molecule has 160 valence electrons. The Hall–Kier alpha value is -2.91. The molecule has 0 fully saturated rings. The van der Waals surface area contributed by atoms with Gasteiger partial charge in [-0.15, -0.1) is 0 Å². The first-order valence-electron chi connectivity index (χ1n) is 8.70. The molecule has 2 aromatic carbocycles. The van der Waals surface area contributed by atoms with Gasteiger partial charge in [0.2, 0.25) is 0 Å². The maximum absolute atomic E-state index is 13.3. The number of amides is 2. The van der Waals surface area contributed by atoms with Crippen molar-refractivity contribution in [3.63, 3.8) is 0 Å². The van der Waals surface area contributed by atoms with Crippen LogP contribution >= 0.6 is 11.6 Å². The number of carbonyl (C=O) groups is 2. The molecule has 2 aromatic rings. The van der Waals surface area contributed by atoms with E-state index >= 15 is 0 Å². The number of nitrogens with one attached hydrogen (secondary N) is 2. The van der Waals surface area contributed by atoms with Crippen LogP contribution in [0.4, 0.5) is 4.39 Å². The topological polar surface area (TPSA) is 102 Å². The lowest BCUT2D eigenvalue weighted by Gasteiger charge is -2.11. The van der Waals surface area contributed by atoms with Gasteiger partial charge in [0.15, 0.2) is 16.4 Å². The van der Waals surface area contributed by atoms with E-state index in [-0.39, 0.29) is 40.8 Å². The Morgan fingerprint density at radius 2 is 1.93 bits per heavy atom. The third-order valence-electron chi connectivity index (χ3n) is 3.81. The Balaban J connectivity index is 1.75. The van der Waals surface area contributed by atoms with Gasteiger partial charge in [0.25, 0.3) is 11.8 Å². The maximum atomic E-state index is 13.3. The second-order valence-corrected chi connectivity index (χ2v) is 8.75.